The van der Waals surface area contributed by atoms with E-state index in [1.165, 1.54) is 25.8 Å². The van der Waals surface area contributed by atoms with E-state index in [4.69, 9.17) is 16.3 Å². The van der Waals surface area contributed by atoms with Gasteiger partial charge in [0.05, 0.1) is 0 Å². The van der Waals surface area contributed by atoms with Gasteiger partial charge in [-0.1, -0.05) is 6.42 Å². The largest absolute Gasteiger partial charge is 0.385 e. The number of rotatable bonds is 5. The molecule has 0 N–H and O–H groups in total. The normalized spacial score (nSPS) is 24.9. The molecule has 1 aliphatic heterocycles. The van der Waals surface area contributed by atoms with Crippen molar-refractivity contribution in [1.82, 2.24) is 4.90 Å². The highest BCUT2D eigenvalue weighted by Crippen LogP contribution is 2.17. The Balaban J connectivity index is 2.19. The third-order valence-corrected chi connectivity index (χ3v) is 3.08. The average molecular weight is 206 g/mol. The van der Waals surface area contributed by atoms with Crippen molar-refractivity contribution in [2.75, 3.05) is 32.7 Å². The van der Waals surface area contributed by atoms with E-state index >= 15 is 0 Å². The number of piperidine rings is 1. The first-order valence-electron chi connectivity index (χ1n) is 5.17. The van der Waals surface area contributed by atoms with Crippen molar-refractivity contribution >= 4 is 11.6 Å². The lowest BCUT2D eigenvalue weighted by molar-refractivity contribution is 0.132. The third-order valence-electron chi connectivity index (χ3n) is 2.72. The van der Waals surface area contributed by atoms with Crippen LogP contribution >= 0.6 is 11.6 Å². The number of nitrogens with zero attached hydrogens (tertiary/aromatic N) is 1. The number of hydrogen-bond donors (Lipinski definition) is 0. The van der Waals surface area contributed by atoms with E-state index < -0.39 is 0 Å². The van der Waals surface area contributed by atoms with Crippen molar-refractivity contribution in [3.05, 3.63) is 0 Å². The van der Waals surface area contributed by atoms with Crippen LogP contribution in [0.5, 0.6) is 0 Å². The summed E-state index contributed by atoms with van der Waals surface area (Å²) in [5.41, 5.74) is 0. The molecule has 2 nitrogen and oxygen atoms in total. The second kappa shape index (κ2) is 6.63. The zero-order valence-corrected chi connectivity index (χ0v) is 9.22. The molecule has 0 spiro atoms. The molecule has 1 heterocycles. The summed E-state index contributed by atoms with van der Waals surface area (Å²) in [5.74, 6) is 0.785. The monoisotopic (exact) mass is 205 g/mol. The van der Waals surface area contributed by atoms with Crippen LogP contribution in [0.3, 0.4) is 0 Å². The molecule has 1 fully saturated rings. The van der Waals surface area contributed by atoms with Crippen LogP contribution in [0.4, 0.5) is 0 Å². The summed E-state index contributed by atoms with van der Waals surface area (Å²) in [6, 6.07) is 0.618. The number of alkyl halides is 1. The van der Waals surface area contributed by atoms with E-state index in [1.807, 2.05) is 0 Å². The smallest absolute Gasteiger partial charge is 0.0474 e. The highest BCUT2D eigenvalue weighted by atomic mass is 35.5. The van der Waals surface area contributed by atoms with Crippen LogP contribution in [0.25, 0.3) is 0 Å². The number of methoxy groups -OCH3 is 1. The number of hydrogen-bond acceptors (Lipinski definition) is 2. The van der Waals surface area contributed by atoms with E-state index in [1.54, 1.807) is 7.11 Å². The summed E-state index contributed by atoms with van der Waals surface area (Å²) in [6.45, 7) is 3.23. The third kappa shape index (κ3) is 3.84. The second-order valence-electron chi connectivity index (χ2n) is 3.69. The maximum absolute atomic E-state index is 5.91. The minimum absolute atomic E-state index is 0.618. The first kappa shape index (κ1) is 11.3. The lowest BCUT2D eigenvalue weighted by Crippen LogP contribution is -2.41. The van der Waals surface area contributed by atoms with Crippen LogP contribution in [0.1, 0.15) is 25.7 Å². The van der Waals surface area contributed by atoms with Crippen molar-refractivity contribution < 1.29 is 4.74 Å². The summed E-state index contributed by atoms with van der Waals surface area (Å²) in [6.07, 6.45) is 5.08. The summed E-state index contributed by atoms with van der Waals surface area (Å²) >= 11 is 5.91. The first-order chi connectivity index (χ1) is 6.38. The molecule has 78 valence electrons. The Morgan fingerprint density at radius 1 is 1.46 bits per heavy atom. The molecule has 0 aromatic heterocycles. The number of ether oxygens (including phenoxy) is 1. The van der Waals surface area contributed by atoms with Gasteiger partial charge >= 0.3 is 0 Å². The maximum atomic E-state index is 5.91. The minimum Gasteiger partial charge on any atom is -0.385 e. The van der Waals surface area contributed by atoms with Gasteiger partial charge in [-0.05, 0) is 25.8 Å². The number of halogens is 1. The van der Waals surface area contributed by atoms with Gasteiger partial charge in [-0.2, -0.15) is 0 Å². The van der Waals surface area contributed by atoms with E-state index in [0.717, 1.165) is 25.5 Å². The molecular formula is C10H20ClNO. The lowest BCUT2D eigenvalue weighted by atomic mass is 10.0. The van der Waals surface area contributed by atoms with Gasteiger partial charge in [-0.15, -0.1) is 11.6 Å². The topological polar surface area (TPSA) is 12.5 Å². The van der Waals surface area contributed by atoms with Crippen molar-refractivity contribution in [2.24, 2.45) is 0 Å². The standard InChI is InChI=1S/C10H20ClNO/c1-13-8-4-7-12-6-3-2-5-10(12)9-11/h10H,2-9H2,1H3. The van der Waals surface area contributed by atoms with Gasteiger partial charge in [0.2, 0.25) is 0 Å². The molecule has 1 rings (SSSR count). The predicted octanol–water partition coefficient (Wildman–Crippen LogP) is 2.12. The molecule has 0 amide bonds. The quantitative estimate of drug-likeness (QED) is 0.504. The number of likely N-dealkylation sites (tertiary alicyclic amines) is 1. The van der Waals surface area contributed by atoms with Crippen LogP contribution in [0.2, 0.25) is 0 Å². The molecule has 0 radical (unpaired) electrons. The van der Waals surface area contributed by atoms with Crippen LogP contribution < -0.4 is 0 Å². The molecule has 3 heteroatoms. The summed E-state index contributed by atoms with van der Waals surface area (Å²) in [7, 11) is 1.76. The van der Waals surface area contributed by atoms with Crippen molar-refractivity contribution in [3.8, 4) is 0 Å². The van der Waals surface area contributed by atoms with E-state index in [-0.39, 0.29) is 0 Å². The molecule has 13 heavy (non-hydrogen) atoms. The lowest BCUT2D eigenvalue weighted by Gasteiger charge is -2.34. The van der Waals surface area contributed by atoms with E-state index in [2.05, 4.69) is 4.90 Å². The molecule has 0 bridgehead atoms. The van der Waals surface area contributed by atoms with Gasteiger partial charge in [0.1, 0.15) is 0 Å². The Bertz CT molecular complexity index is 132. The predicted molar refractivity (Wildman–Crippen MR) is 56.4 cm³/mol. The molecule has 1 aliphatic rings. The molecule has 1 unspecified atom stereocenters. The first-order valence-corrected chi connectivity index (χ1v) is 5.71. The zero-order valence-electron chi connectivity index (χ0n) is 8.47. The minimum atomic E-state index is 0.618. The van der Waals surface area contributed by atoms with Gasteiger partial charge in [-0.25, -0.2) is 0 Å². The van der Waals surface area contributed by atoms with E-state index in [9.17, 15) is 0 Å². The average Bonchev–Trinajstić information content (AvgIpc) is 2.19. The van der Waals surface area contributed by atoms with Crippen molar-refractivity contribution in [1.29, 1.82) is 0 Å². The highest BCUT2D eigenvalue weighted by molar-refractivity contribution is 6.18. The Labute approximate surface area is 86.2 Å². The highest BCUT2D eigenvalue weighted by Gasteiger charge is 2.20. The SMILES string of the molecule is COCCCN1CCCCC1CCl. The fraction of sp³-hybridized carbons (Fsp3) is 1.00. The zero-order chi connectivity index (χ0) is 9.52. The molecule has 1 atom stereocenters. The Morgan fingerprint density at radius 2 is 2.31 bits per heavy atom. The van der Waals surface area contributed by atoms with Gasteiger partial charge < -0.3 is 4.74 Å². The fourth-order valence-corrected chi connectivity index (χ4v) is 2.29. The molecule has 1 saturated heterocycles. The molecule has 0 aliphatic carbocycles. The molecular weight excluding hydrogens is 186 g/mol. The maximum Gasteiger partial charge on any atom is 0.0474 e. The van der Waals surface area contributed by atoms with E-state index in [0.29, 0.717) is 6.04 Å². The van der Waals surface area contributed by atoms with Crippen LogP contribution in [-0.4, -0.2) is 43.6 Å². The second-order valence-corrected chi connectivity index (χ2v) is 3.99. The van der Waals surface area contributed by atoms with Crippen LogP contribution in [-0.2, 0) is 4.74 Å². The van der Waals surface area contributed by atoms with Crippen LogP contribution in [0, 0.1) is 0 Å². The van der Waals surface area contributed by atoms with Gasteiger partial charge in [0.25, 0.3) is 0 Å². The molecule has 0 aromatic carbocycles. The van der Waals surface area contributed by atoms with Gasteiger partial charge in [-0.3, -0.25) is 4.90 Å². The van der Waals surface area contributed by atoms with Gasteiger partial charge in [0, 0.05) is 32.2 Å². The van der Waals surface area contributed by atoms with Crippen molar-refractivity contribution in [2.45, 2.75) is 31.7 Å². The Morgan fingerprint density at radius 3 is 3.00 bits per heavy atom. The van der Waals surface area contributed by atoms with Crippen molar-refractivity contribution in [3.63, 3.8) is 0 Å². The summed E-state index contributed by atoms with van der Waals surface area (Å²) < 4.78 is 5.04. The van der Waals surface area contributed by atoms with Crippen LogP contribution in [0.15, 0.2) is 0 Å². The fourth-order valence-electron chi connectivity index (χ4n) is 1.94. The summed E-state index contributed by atoms with van der Waals surface area (Å²) in [5, 5.41) is 0. The molecule has 0 saturated carbocycles. The molecule has 0 aromatic rings. The van der Waals surface area contributed by atoms with Gasteiger partial charge in [0.15, 0.2) is 0 Å². The Hall–Kier alpha value is 0.210. The Kier molecular flexibility index (Phi) is 5.76. The summed E-state index contributed by atoms with van der Waals surface area (Å²) in [4.78, 5) is 2.51.